The molecule has 0 radical (unpaired) electrons. The van der Waals surface area contributed by atoms with Crippen LogP contribution in [0.2, 0.25) is 15.9 Å². The topological polar surface area (TPSA) is 72.8 Å². The molecule has 1 rings (SSSR count). The Morgan fingerprint density at radius 3 is 1.28 bits per heavy atom. The van der Waals surface area contributed by atoms with Crippen LogP contribution in [-0.2, 0) is 9.59 Å². The van der Waals surface area contributed by atoms with Crippen LogP contribution in [0.5, 0.6) is 0 Å². The summed E-state index contributed by atoms with van der Waals surface area (Å²) >= 11 is 25.9. The molecule has 0 aliphatic rings. The van der Waals surface area contributed by atoms with E-state index in [9.17, 15) is 9.59 Å². The van der Waals surface area contributed by atoms with E-state index in [1.807, 2.05) is 0 Å². The van der Waals surface area contributed by atoms with E-state index in [-0.39, 0.29) is 28.7 Å². The molecule has 0 amide bonds. The fourth-order valence-corrected chi connectivity index (χ4v) is 1.55. The molecule has 10 heteroatoms. The van der Waals surface area contributed by atoms with Crippen LogP contribution in [0, 0.1) is 0 Å². The molecule has 1 aromatic heterocycles. The summed E-state index contributed by atoms with van der Waals surface area (Å²) < 4.78 is 0. The van der Waals surface area contributed by atoms with Gasteiger partial charge in [-0.1, -0.05) is 0 Å². The number of hydrogen-bond acceptors (Lipinski definition) is 5. The average Bonchev–Trinajstić information content (AvgIpc) is 2.14. The molecule has 0 atom stereocenters. The third-order valence-corrected chi connectivity index (χ3v) is 2.19. The van der Waals surface area contributed by atoms with Gasteiger partial charge in [0.15, 0.2) is 0 Å². The van der Waals surface area contributed by atoms with Gasteiger partial charge < -0.3 is 0 Å². The van der Waals surface area contributed by atoms with E-state index in [0.29, 0.717) is 6.42 Å². The van der Waals surface area contributed by atoms with Crippen LogP contribution >= 0.6 is 58.0 Å². The van der Waals surface area contributed by atoms with Crippen molar-refractivity contribution < 1.29 is 9.59 Å². The van der Waals surface area contributed by atoms with Gasteiger partial charge in [-0.2, -0.15) is 15.0 Å². The standard InChI is InChI=1S/C5H6Cl2O2.C3Cl3N3/c6-4(8)2-1-3-5(7)9;4-1-7-2(5)9-3(6)8-1/h1-3H2;. The summed E-state index contributed by atoms with van der Waals surface area (Å²) in [5.74, 6) is 0. The molecule has 18 heavy (non-hydrogen) atoms. The first kappa shape index (κ1) is 17.8. The highest BCUT2D eigenvalue weighted by molar-refractivity contribution is 6.64. The summed E-state index contributed by atoms with van der Waals surface area (Å²) in [6.07, 6.45) is 0.894. The highest BCUT2D eigenvalue weighted by Gasteiger charge is 1.99. The van der Waals surface area contributed by atoms with Crippen molar-refractivity contribution >= 4 is 68.5 Å². The Morgan fingerprint density at radius 1 is 0.778 bits per heavy atom. The maximum Gasteiger partial charge on any atom is 0.227 e. The third-order valence-electron chi connectivity index (χ3n) is 1.30. The Hall–Kier alpha value is -0.200. The largest absolute Gasteiger partial charge is 0.281 e. The zero-order valence-electron chi connectivity index (χ0n) is 8.67. The number of halogens is 5. The van der Waals surface area contributed by atoms with E-state index in [4.69, 9.17) is 58.0 Å². The quantitative estimate of drug-likeness (QED) is 0.775. The molecular formula is C8H6Cl5N3O2. The van der Waals surface area contributed by atoms with Crippen molar-refractivity contribution in [2.24, 2.45) is 0 Å². The van der Waals surface area contributed by atoms with Gasteiger partial charge in [0, 0.05) is 12.8 Å². The van der Waals surface area contributed by atoms with Crippen molar-refractivity contribution in [2.75, 3.05) is 0 Å². The van der Waals surface area contributed by atoms with E-state index in [1.165, 1.54) is 0 Å². The van der Waals surface area contributed by atoms with Crippen LogP contribution in [-0.4, -0.2) is 25.4 Å². The van der Waals surface area contributed by atoms with E-state index in [0.717, 1.165) is 0 Å². The van der Waals surface area contributed by atoms with E-state index >= 15 is 0 Å². The molecule has 0 fully saturated rings. The number of carbonyl (C=O) groups is 2. The van der Waals surface area contributed by atoms with Gasteiger partial charge >= 0.3 is 0 Å². The lowest BCUT2D eigenvalue weighted by molar-refractivity contribution is -0.112. The Balaban J connectivity index is 0.000000321. The van der Waals surface area contributed by atoms with Gasteiger partial charge in [0.05, 0.1) is 0 Å². The molecule has 5 nitrogen and oxygen atoms in total. The number of carbonyl (C=O) groups excluding carboxylic acids is 2. The SMILES string of the molecule is Clc1nc(Cl)nc(Cl)n1.O=C(Cl)CCCC(=O)Cl. The molecule has 0 aliphatic carbocycles. The second kappa shape index (κ2) is 9.69. The molecule has 0 aliphatic heterocycles. The van der Waals surface area contributed by atoms with E-state index in [2.05, 4.69) is 15.0 Å². The lowest BCUT2D eigenvalue weighted by atomic mass is 10.3. The minimum Gasteiger partial charge on any atom is -0.281 e. The number of rotatable bonds is 4. The minimum absolute atomic E-state index is 0.000000000000000444. The fourth-order valence-electron chi connectivity index (χ4n) is 0.670. The summed E-state index contributed by atoms with van der Waals surface area (Å²) in [6, 6.07) is 0. The first-order valence-corrected chi connectivity index (χ1v) is 6.29. The highest BCUT2D eigenvalue weighted by atomic mass is 35.5. The number of aromatic nitrogens is 3. The summed E-state index contributed by atoms with van der Waals surface area (Å²) in [7, 11) is 0. The first-order valence-electron chi connectivity index (χ1n) is 4.40. The predicted molar refractivity (Wildman–Crippen MR) is 70.4 cm³/mol. The molecule has 0 bridgehead atoms. The second-order valence-corrected chi connectivity index (χ2v) is 4.56. The average molecular weight is 353 g/mol. The molecule has 0 N–H and O–H groups in total. The summed E-state index contributed by atoms with van der Waals surface area (Å²) in [5.41, 5.74) is 0. The monoisotopic (exact) mass is 351 g/mol. The molecular weight excluding hydrogens is 347 g/mol. The van der Waals surface area contributed by atoms with Crippen molar-refractivity contribution in [1.82, 2.24) is 15.0 Å². The molecule has 0 saturated carbocycles. The van der Waals surface area contributed by atoms with E-state index < -0.39 is 10.5 Å². The number of nitrogens with zero attached hydrogens (tertiary/aromatic N) is 3. The van der Waals surface area contributed by atoms with Gasteiger partial charge in [-0.15, -0.1) is 0 Å². The zero-order chi connectivity index (χ0) is 14.1. The van der Waals surface area contributed by atoms with Crippen molar-refractivity contribution in [2.45, 2.75) is 19.3 Å². The highest BCUT2D eigenvalue weighted by Crippen LogP contribution is 2.08. The van der Waals surface area contributed by atoms with Crippen molar-refractivity contribution in [1.29, 1.82) is 0 Å². The summed E-state index contributed by atoms with van der Waals surface area (Å²) in [4.78, 5) is 30.4. The maximum absolute atomic E-state index is 10.0. The van der Waals surface area contributed by atoms with Gasteiger partial charge in [-0.25, -0.2) is 0 Å². The van der Waals surface area contributed by atoms with Crippen LogP contribution in [0.25, 0.3) is 0 Å². The Bertz CT molecular complexity index is 365. The van der Waals surface area contributed by atoms with Gasteiger partial charge in [0.1, 0.15) is 0 Å². The molecule has 0 spiro atoms. The van der Waals surface area contributed by atoms with Crippen molar-refractivity contribution in [3.8, 4) is 0 Å². The Kier molecular flexibility index (Phi) is 9.59. The molecule has 100 valence electrons. The Labute approximate surface area is 128 Å². The normalized spacial score (nSPS) is 9.39. The summed E-state index contributed by atoms with van der Waals surface area (Å²) in [5, 5.41) is -0.846. The van der Waals surface area contributed by atoms with Gasteiger partial charge in [0.2, 0.25) is 26.3 Å². The van der Waals surface area contributed by atoms with Crippen molar-refractivity contribution in [3.05, 3.63) is 15.9 Å². The second-order valence-electron chi connectivity index (χ2n) is 2.71. The Morgan fingerprint density at radius 2 is 1.06 bits per heavy atom. The molecule has 0 aromatic carbocycles. The summed E-state index contributed by atoms with van der Waals surface area (Å²) in [6.45, 7) is 0. The van der Waals surface area contributed by atoms with E-state index in [1.54, 1.807) is 0 Å². The van der Waals surface area contributed by atoms with Gasteiger partial charge in [-0.3, -0.25) is 9.59 Å². The van der Waals surface area contributed by atoms with Crippen LogP contribution in [0.15, 0.2) is 0 Å². The lowest BCUT2D eigenvalue weighted by Gasteiger charge is -1.88. The molecule has 1 aromatic rings. The minimum atomic E-state index is -0.423. The van der Waals surface area contributed by atoms with Crippen LogP contribution in [0.3, 0.4) is 0 Å². The van der Waals surface area contributed by atoms with Gasteiger partial charge in [0.25, 0.3) is 0 Å². The smallest absolute Gasteiger partial charge is 0.227 e. The molecule has 0 saturated heterocycles. The van der Waals surface area contributed by atoms with Crippen LogP contribution in [0.1, 0.15) is 19.3 Å². The van der Waals surface area contributed by atoms with Crippen LogP contribution < -0.4 is 0 Å². The number of hydrogen-bond donors (Lipinski definition) is 0. The van der Waals surface area contributed by atoms with Gasteiger partial charge in [-0.05, 0) is 64.4 Å². The first-order chi connectivity index (χ1) is 8.31. The van der Waals surface area contributed by atoms with Crippen LogP contribution in [0.4, 0.5) is 0 Å². The molecule has 0 unspecified atom stereocenters. The fraction of sp³-hybridized carbons (Fsp3) is 0.375. The third kappa shape index (κ3) is 10.9. The lowest BCUT2D eigenvalue weighted by Crippen LogP contribution is -1.89. The predicted octanol–water partition coefficient (Wildman–Crippen LogP) is 3.52. The zero-order valence-corrected chi connectivity index (χ0v) is 12.4. The molecule has 1 heterocycles. The van der Waals surface area contributed by atoms with Crippen molar-refractivity contribution in [3.63, 3.8) is 0 Å². The maximum atomic E-state index is 10.0.